The lowest BCUT2D eigenvalue weighted by molar-refractivity contribution is 0.316. The molecule has 0 radical (unpaired) electrons. The van der Waals surface area contributed by atoms with Crippen LogP contribution in [-0.4, -0.2) is 15.0 Å². The second-order valence-corrected chi connectivity index (χ2v) is 7.16. The molecule has 0 spiro atoms. The normalized spacial score (nSPS) is 18.6. The van der Waals surface area contributed by atoms with E-state index in [2.05, 4.69) is 31.2 Å². The first-order valence-electron chi connectivity index (χ1n) is 7.31. The van der Waals surface area contributed by atoms with Gasteiger partial charge in [0.15, 0.2) is 0 Å². The van der Waals surface area contributed by atoms with Crippen LogP contribution in [0.5, 0.6) is 0 Å². The first kappa shape index (κ1) is 16.0. The molecule has 2 rings (SSSR count). The largest absolute Gasteiger partial charge is 0.296 e. The number of hydrogen-bond donors (Lipinski definition) is 0. The highest BCUT2D eigenvalue weighted by atomic mass is 32.2. The summed E-state index contributed by atoms with van der Waals surface area (Å²) in [5, 5.41) is 0. The fourth-order valence-corrected chi connectivity index (χ4v) is 3.18. The minimum Gasteiger partial charge on any atom is -0.266 e. The average molecular weight is 306 g/mol. The summed E-state index contributed by atoms with van der Waals surface area (Å²) in [6, 6.07) is 8.26. The summed E-state index contributed by atoms with van der Waals surface area (Å²) >= 11 is 0. The van der Waals surface area contributed by atoms with Crippen molar-refractivity contribution in [3.63, 3.8) is 0 Å². The van der Waals surface area contributed by atoms with Gasteiger partial charge in [0.2, 0.25) is 0 Å². The Hall–Kier alpha value is -1.39. The van der Waals surface area contributed by atoms with E-state index in [1.54, 1.807) is 12.2 Å². The molecule has 1 aromatic carbocycles. The fourth-order valence-electron chi connectivity index (χ4n) is 2.16. The number of benzene rings is 1. The Labute approximate surface area is 127 Å². The van der Waals surface area contributed by atoms with E-state index in [9.17, 15) is 8.42 Å². The Morgan fingerprint density at radius 3 is 2.57 bits per heavy atom. The molecule has 0 aliphatic heterocycles. The molecule has 114 valence electrons. The number of aryl methyl sites for hydroxylation is 2. The maximum Gasteiger partial charge on any atom is 0.296 e. The average Bonchev–Trinajstić information content (AvgIpc) is 2.46. The van der Waals surface area contributed by atoms with Gasteiger partial charge in [0.25, 0.3) is 10.1 Å². The molecule has 0 saturated carbocycles. The number of hydrogen-bond acceptors (Lipinski definition) is 3. The predicted molar refractivity (Wildman–Crippen MR) is 85.4 cm³/mol. The standard InChI is InChI=1S/C17H22O3S/c1-14-5-9-16(10-6-14)4-3-13-20-21(18,19)17-11-7-15(2)8-12-17/h5-7,9-12,15H,3-4,8,13H2,1-2H3. The van der Waals surface area contributed by atoms with Crippen molar-refractivity contribution in [1.29, 1.82) is 0 Å². The number of allylic oxidation sites excluding steroid dienone is 3. The molecule has 1 atom stereocenters. The molecule has 3 nitrogen and oxygen atoms in total. The molecule has 0 bridgehead atoms. The number of rotatable bonds is 6. The van der Waals surface area contributed by atoms with Gasteiger partial charge in [0.1, 0.15) is 0 Å². The first-order valence-corrected chi connectivity index (χ1v) is 8.71. The Morgan fingerprint density at radius 1 is 1.24 bits per heavy atom. The fraction of sp³-hybridized carbons (Fsp3) is 0.412. The highest BCUT2D eigenvalue weighted by Gasteiger charge is 2.18. The van der Waals surface area contributed by atoms with Gasteiger partial charge in [-0.1, -0.05) is 48.9 Å². The molecule has 1 aromatic rings. The quantitative estimate of drug-likeness (QED) is 0.594. The van der Waals surface area contributed by atoms with Gasteiger partial charge in [-0.25, -0.2) is 0 Å². The third-order valence-electron chi connectivity index (χ3n) is 3.54. The Kier molecular flexibility index (Phi) is 5.37. The van der Waals surface area contributed by atoms with Crippen molar-refractivity contribution in [3.8, 4) is 0 Å². The summed E-state index contributed by atoms with van der Waals surface area (Å²) in [5.74, 6) is 0.394. The topological polar surface area (TPSA) is 43.4 Å². The lowest BCUT2D eigenvalue weighted by Gasteiger charge is -2.12. The van der Waals surface area contributed by atoms with Gasteiger partial charge in [-0.05, 0) is 43.7 Å². The predicted octanol–water partition coefficient (Wildman–Crippen LogP) is 3.75. The molecule has 4 heteroatoms. The van der Waals surface area contributed by atoms with Crippen LogP contribution < -0.4 is 0 Å². The zero-order valence-electron chi connectivity index (χ0n) is 12.6. The van der Waals surface area contributed by atoms with Crippen LogP contribution in [0.2, 0.25) is 0 Å². The van der Waals surface area contributed by atoms with Crippen LogP contribution in [-0.2, 0) is 20.7 Å². The van der Waals surface area contributed by atoms with Gasteiger partial charge < -0.3 is 0 Å². The van der Waals surface area contributed by atoms with Gasteiger partial charge in [0, 0.05) is 0 Å². The lowest BCUT2D eigenvalue weighted by atomic mass is 10.0. The zero-order valence-corrected chi connectivity index (χ0v) is 13.4. The zero-order chi connectivity index (χ0) is 15.3. The third kappa shape index (κ3) is 4.83. The van der Waals surface area contributed by atoms with Crippen molar-refractivity contribution >= 4 is 10.1 Å². The minimum absolute atomic E-state index is 0.219. The van der Waals surface area contributed by atoms with E-state index >= 15 is 0 Å². The maximum absolute atomic E-state index is 12.0. The maximum atomic E-state index is 12.0. The smallest absolute Gasteiger partial charge is 0.266 e. The van der Waals surface area contributed by atoms with Crippen LogP contribution in [0, 0.1) is 12.8 Å². The Balaban J connectivity index is 1.80. The van der Waals surface area contributed by atoms with E-state index in [1.807, 2.05) is 13.0 Å². The van der Waals surface area contributed by atoms with E-state index in [-0.39, 0.29) is 11.5 Å². The van der Waals surface area contributed by atoms with E-state index in [0.29, 0.717) is 12.3 Å². The summed E-state index contributed by atoms with van der Waals surface area (Å²) in [7, 11) is -3.59. The van der Waals surface area contributed by atoms with Crippen LogP contribution in [0.3, 0.4) is 0 Å². The molecule has 0 aromatic heterocycles. The third-order valence-corrected chi connectivity index (χ3v) is 4.89. The second-order valence-electron chi connectivity index (χ2n) is 5.54. The summed E-state index contributed by atoms with van der Waals surface area (Å²) in [6.45, 7) is 4.32. The van der Waals surface area contributed by atoms with Gasteiger partial charge in [0.05, 0.1) is 11.5 Å². The molecular formula is C17H22O3S. The van der Waals surface area contributed by atoms with Gasteiger partial charge in [-0.2, -0.15) is 8.42 Å². The molecule has 0 N–H and O–H groups in total. The van der Waals surface area contributed by atoms with Gasteiger partial charge in [-0.15, -0.1) is 0 Å². The Bertz CT molecular complexity index is 625. The van der Waals surface area contributed by atoms with Crippen molar-refractivity contribution in [2.24, 2.45) is 5.92 Å². The minimum atomic E-state index is -3.59. The monoisotopic (exact) mass is 306 g/mol. The molecule has 1 aliphatic rings. The second kappa shape index (κ2) is 7.05. The molecule has 0 fully saturated rings. The molecule has 0 amide bonds. The molecular weight excluding hydrogens is 284 g/mol. The van der Waals surface area contributed by atoms with Crippen molar-refractivity contribution < 1.29 is 12.6 Å². The molecule has 0 heterocycles. The van der Waals surface area contributed by atoms with Gasteiger partial charge >= 0.3 is 0 Å². The molecule has 1 aliphatic carbocycles. The summed E-state index contributed by atoms with van der Waals surface area (Å²) < 4.78 is 29.1. The molecule has 21 heavy (non-hydrogen) atoms. The van der Waals surface area contributed by atoms with E-state index in [1.165, 1.54) is 11.1 Å². The SMILES string of the molecule is Cc1ccc(CCCOS(=O)(=O)C2=CCC(C)C=C2)cc1. The van der Waals surface area contributed by atoms with Crippen LogP contribution >= 0.6 is 0 Å². The van der Waals surface area contributed by atoms with Gasteiger partial charge in [-0.3, -0.25) is 4.18 Å². The molecule has 1 unspecified atom stereocenters. The summed E-state index contributed by atoms with van der Waals surface area (Å²) in [4.78, 5) is 0.288. The van der Waals surface area contributed by atoms with Crippen molar-refractivity contribution in [2.45, 2.75) is 33.1 Å². The molecule has 0 saturated heterocycles. The summed E-state index contributed by atoms with van der Waals surface area (Å²) in [5.41, 5.74) is 2.43. The van der Waals surface area contributed by atoms with Crippen LogP contribution in [0.25, 0.3) is 0 Å². The van der Waals surface area contributed by atoms with Crippen molar-refractivity contribution in [3.05, 3.63) is 58.5 Å². The highest BCUT2D eigenvalue weighted by Crippen LogP contribution is 2.21. The Morgan fingerprint density at radius 2 is 1.95 bits per heavy atom. The highest BCUT2D eigenvalue weighted by molar-refractivity contribution is 7.90. The van der Waals surface area contributed by atoms with Crippen LogP contribution in [0.15, 0.2) is 47.4 Å². The van der Waals surface area contributed by atoms with Crippen molar-refractivity contribution in [1.82, 2.24) is 0 Å². The first-order chi connectivity index (χ1) is 9.97. The van der Waals surface area contributed by atoms with Crippen molar-refractivity contribution in [2.75, 3.05) is 6.61 Å². The van der Waals surface area contributed by atoms with Crippen LogP contribution in [0.1, 0.15) is 30.9 Å². The summed E-state index contributed by atoms with van der Waals surface area (Å²) in [6.07, 6.45) is 7.54. The lowest BCUT2D eigenvalue weighted by Crippen LogP contribution is -2.11. The van der Waals surface area contributed by atoms with Crippen LogP contribution in [0.4, 0.5) is 0 Å². The van der Waals surface area contributed by atoms with E-state index in [4.69, 9.17) is 4.18 Å². The van der Waals surface area contributed by atoms with E-state index in [0.717, 1.165) is 12.8 Å². The van der Waals surface area contributed by atoms with E-state index < -0.39 is 10.1 Å².